The lowest BCUT2D eigenvalue weighted by Gasteiger charge is -2.04. The van der Waals surface area contributed by atoms with Gasteiger partial charge in [0.25, 0.3) is 0 Å². The lowest BCUT2D eigenvalue weighted by molar-refractivity contribution is 0.416. The maximum Gasteiger partial charge on any atom is 0.235 e. The highest BCUT2D eigenvalue weighted by atomic mass is 32.1. The molecule has 0 fully saturated rings. The van der Waals surface area contributed by atoms with E-state index >= 15 is 0 Å². The van der Waals surface area contributed by atoms with Gasteiger partial charge in [-0.05, 0) is 24.6 Å². The van der Waals surface area contributed by atoms with Gasteiger partial charge in [0.2, 0.25) is 4.96 Å². The number of rotatable bonds is 3. The predicted molar refractivity (Wildman–Crippen MR) is 90.8 cm³/mol. The molecule has 23 heavy (non-hydrogen) atoms. The van der Waals surface area contributed by atoms with E-state index < -0.39 is 0 Å². The fourth-order valence-electron chi connectivity index (χ4n) is 2.54. The van der Waals surface area contributed by atoms with Crippen molar-refractivity contribution in [3.8, 4) is 27.7 Å². The minimum absolute atomic E-state index is 0.760. The number of aromatic nitrogens is 4. The third-order valence-electron chi connectivity index (χ3n) is 3.71. The van der Waals surface area contributed by atoms with E-state index in [0.717, 1.165) is 38.2 Å². The second kappa shape index (κ2) is 5.48. The van der Waals surface area contributed by atoms with Crippen LogP contribution in [0.4, 0.5) is 0 Å². The van der Waals surface area contributed by atoms with E-state index in [-0.39, 0.29) is 0 Å². The fourth-order valence-corrected chi connectivity index (χ4v) is 3.41. The molecule has 0 spiro atoms. The maximum atomic E-state index is 5.43. The van der Waals surface area contributed by atoms with Gasteiger partial charge in [0.1, 0.15) is 5.75 Å². The molecule has 0 aliphatic carbocycles. The standard InChI is InChI=1S/C17H14N4OS/c1-11-7-3-4-8-12(11)15-18-19-17-21(15)20-16(23-17)13-9-5-6-10-14(13)22-2/h3-10H,1-2H3. The van der Waals surface area contributed by atoms with Gasteiger partial charge < -0.3 is 4.74 Å². The topological polar surface area (TPSA) is 52.3 Å². The van der Waals surface area contributed by atoms with Gasteiger partial charge in [-0.2, -0.15) is 9.61 Å². The van der Waals surface area contributed by atoms with Crippen LogP contribution in [0.25, 0.3) is 26.9 Å². The molecule has 0 saturated carbocycles. The van der Waals surface area contributed by atoms with Gasteiger partial charge in [0.15, 0.2) is 10.8 Å². The summed E-state index contributed by atoms with van der Waals surface area (Å²) in [6, 6.07) is 16.0. The quantitative estimate of drug-likeness (QED) is 0.575. The van der Waals surface area contributed by atoms with Crippen molar-refractivity contribution in [1.82, 2.24) is 19.8 Å². The minimum atomic E-state index is 0.760. The molecule has 4 aromatic rings. The summed E-state index contributed by atoms with van der Waals surface area (Å²) < 4.78 is 7.23. The molecule has 0 bridgehead atoms. The molecule has 5 nitrogen and oxygen atoms in total. The number of benzene rings is 2. The molecule has 4 rings (SSSR count). The third kappa shape index (κ3) is 2.27. The Morgan fingerprint density at radius 1 is 0.957 bits per heavy atom. The van der Waals surface area contributed by atoms with Crippen LogP contribution in [-0.4, -0.2) is 26.9 Å². The Hall–Kier alpha value is -2.73. The van der Waals surface area contributed by atoms with E-state index in [9.17, 15) is 0 Å². The van der Waals surface area contributed by atoms with Crippen molar-refractivity contribution in [1.29, 1.82) is 0 Å². The van der Waals surface area contributed by atoms with Crippen LogP contribution in [0.1, 0.15) is 5.56 Å². The van der Waals surface area contributed by atoms with Crippen LogP contribution >= 0.6 is 11.3 Å². The maximum absolute atomic E-state index is 5.43. The molecule has 0 N–H and O–H groups in total. The normalized spacial score (nSPS) is 11.0. The highest BCUT2D eigenvalue weighted by Gasteiger charge is 2.17. The summed E-state index contributed by atoms with van der Waals surface area (Å²) in [4.78, 5) is 0.768. The second-order valence-electron chi connectivity index (χ2n) is 5.14. The number of fused-ring (bicyclic) bond motifs is 1. The van der Waals surface area contributed by atoms with E-state index in [0.29, 0.717) is 0 Å². The summed E-state index contributed by atoms with van der Waals surface area (Å²) >= 11 is 1.50. The highest BCUT2D eigenvalue weighted by Crippen LogP contribution is 2.34. The van der Waals surface area contributed by atoms with Crippen molar-refractivity contribution >= 4 is 16.3 Å². The van der Waals surface area contributed by atoms with Crippen LogP contribution in [0.15, 0.2) is 48.5 Å². The number of hydrogen-bond acceptors (Lipinski definition) is 5. The third-order valence-corrected chi connectivity index (χ3v) is 4.65. The number of para-hydroxylation sites is 1. The Morgan fingerprint density at radius 2 is 1.70 bits per heavy atom. The van der Waals surface area contributed by atoms with E-state index in [1.165, 1.54) is 11.3 Å². The molecule has 0 atom stereocenters. The van der Waals surface area contributed by atoms with Crippen LogP contribution in [0.3, 0.4) is 0 Å². The minimum Gasteiger partial charge on any atom is -0.496 e. The number of nitrogens with zero attached hydrogens (tertiary/aromatic N) is 4. The Bertz CT molecular complexity index is 989. The monoisotopic (exact) mass is 322 g/mol. The molecular weight excluding hydrogens is 308 g/mol. The molecule has 114 valence electrons. The number of methoxy groups -OCH3 is 1. The van der Waals surface area contributed by atoms with Crippen molar-refractivity contribution in [2.24, 2.45) is 0 Å². The summed E-state index contributed by atoms with van der Waals surface area (Å²) in [5.41, 5.74) is 3.15. The molecule has 0 amide bonds. The molecule has 2 aromatic heterocycles. The lowest BCUT2D eigenvalue weighted by atomic mass is 10.1. The first-order chi connectivity index (χ1) is 11.3. The van der Waals surface area contributed by atoms with Crippen LogP contribution in [0, 0.1) is 6.92 Å². The molecule has 0 radical (unpaired) electrons. The average Bonchev–Trinajstić information content (AvgIpc) is 3.16. The highest BCUT2D eigenvalue weighted by molar-refractivity contribution is 7.19. The first-order valence-electron chi connectivity index (χ1n) is 7.19. The van der Waals surface area contributed by atoms with Crippen molar-refractivity contribution in [2.45, 2.75) is 6.92 Å². The summed E-state index contributed by atoms with van der Waals surface area (Å²) in [6.07, 6.45) is 0. The van der Waals surface area contributed by atoms with Crippen molar-refractivity contribution in [3.63, 3.8) is 0 Å². The van der Waals surface area contributed by atoms with Crippen LogP contribution < -0.4 is 4.74 Å². The van der Waals surface area contributed by atoms with Gasteiger partial charge >= 0.3 is 0 Å². The van der Waals surface area contributed by atoms with E-state index in [4.69, 9.17) is 9.84 Å². The van der Waals surface area contributed by atoms with Crippen LogP contribution in [-0.2, 0) is 0 Å². The van der Waals surface area contributed by atoms with E-state index in [2.05, 4.69) is 23.2 Å². The molecule has 0 aliphatic rings. The van der Waals surface area contributed by atoms with Gasteiger partial charge in [0.05, 0.1) is 12.7 Å². The van der Waals surface area contributed by atoms with E-state index in [1.54, 1.807) is 11.6 Å². The zero-order valence-electron chi connectivity index (χ0n) is 12.7. The molecule has 2 aromatic carbocycles. The summed E-state index contributed by atoms with van der Waals surface area (Å²) in [7, 11) is 1.66. The van der Waals surface area contributed by atoms with Gasteiger partial charge in [-0.15, -0.1) is 10.2 Å². The van der Waals surface area contributed by atoms with Crippen LogP contribution in [0.2, 0.25) is 0 Å². The Labute approximate surface area is 137 Å². The zero-order chi connectivity index (χ0) is 15.8. The van der Waals surface area contributed by atoms with Crippen molar-refractivity contribution in [3.05, 3.63) is 54.1 Å². The lowest BCUT2D eigenvalue weighted by Crippen LogP contribution is -1.93. The summed E-state index contributed by atoms with van der Waals surface area (Å²) in [5.74, 6) is 1.56. The second-order valence-corrected chi connectivity index (χ2v) is 6.10. The van der Waals surface area contributed by atoms with Gasteiger partial charge in [0, 0.05) is 5.56 Å². The predicted octanol–water partition coefficient (Wildman–Crippen LogP) is 3.84. The fraction of sp³-hybridized carbons (Fsp3) is 0.118. The smallest absolute Gasteiger partial charge is 0.235 e. The molecule has 2 heterocycles. The first kappa shape index (κ1) is 13.9. The summed E-state index contributed by atoms with van der Waals surface area (Å²) in [6.45, 7) is 2.06. The number of aryl methyl sites for hydroxylation is 1. The largest absolute Gasteiger partial charge is 0.496 e. The first-order valence-corrected chi connectivity index (χ1v) is 8.01. The Kier molecular flexibility index (Phi) is 3.31. The van der Waals surface area contributed by atoms with Crippen molar-refractivity contribution < 1.29 is 4.74 Å². The molecule has 6 heteroatoms. The van der Waals surface area contributed by atoms with Gasteiger partial charge in [-0.3, -0.25) is 0 Å². The van der Waals surface area contributed by atoms with Gasteiger partial charge in [-0.1, -0.05) is 47.7 Å². The average molecular weight is 322 g/mol. The zero-order valence-corrected chi connectivity index (χ0v) is 13.5. The summed E-state index contributed by atoms with van der Waals surface area (Å²) in [5, 5.41) is 14.1. The van der Waals surface area contributed by atoms with Crippen molar-refractivity contribution in [2.75, 3.05) is 7.11 Å². The van der Waals surface area contributed by atoms with Crippen LogP contribution in [0.5, 0.6) is 5.75 Å². The number of hydrogen-bond donors (Lipinski definition) is 0. The van der Waals surface area contributed by atoms with E-state index in [1.807, 2.05) is 42.5 Å². The Morgan fingerprint density at radius 3 is 2.48 bits per heavy atom. The Balaban J connectivity index is 1.89. The van der Waals surface area contributed by atoms with Gasteiger partial charge in [-0.25, -0.2) is 0 Å². The molecule has 0 unspecified atom stereocenters. The molecular formula is C17H14N4OS. The number of ether oxygens (including phenoxy) is 1. The molecule has 0 saturated heterocycles. The SMILES string of the molecule is COc1ccccc1-c1nn2c(-c3ccccc3C)nnc2s1. The molecule has 0 aliphatic heterocycles.